The highest BCUT2D eigenvalue weighted by Crippen LogP contribution is 2.47. The maximum atomic E-state index is 13.8. The first-order valence-electron chi connectivity index (χ1n) is 12.5. The Morgan fingerprint density at radius 2 is 1.71 bits per heavy atom. The molecule has 4 nitrogen and oxygen atoms in total. The topological polar surface area (TPSA) is 55.4 Å². The zero-order valence-corrected chi connectivity index (χ0v) is 20.5. The lowest BCUT2D eigenvalue weighted by atomic mass is 9.71. The van der Waals surface area contributed by atoms with Gasteiger partial charge in [0.1, 0.15) is 0 Å². The molecule has 35 heavy (non-hydrogen) atoms. The van der Waals surface area contributed by atoms with Gasteiger partial charge in [0.05, 0.1) is 11.7 Å². The Balaban J connectivity index is 1.66. The van der Waals surface area contributed by atoms with E-state index in [0.717, 1.165) is 40.6 Å². The van der Waals surface area contributed by atoms with Gasteiger partial charge >= 0.3 is 5.97 Å². The second-order valence-corrected chi connectivity index (χ2v) is 9.62. The number of allylic oxidation sites excluding steroid dienone is 3. The molecule has 1 aliphatic heterocycles. The molecule has 3 aromatic rings. The SMILES string of the molecule is CC[C@H](C)OC(=O)C1=C(C)NC2=C(C(=O)C[C@H](c3ccccc3)C2)[C@H]1c1cccc2ccccc12. The van der Waals surface area contributed by atoms with Crippen molar-refractivity contribution in [2.75, 3.05) is 0 Å². The highest BCUT2D eigenvalue weighted by molar-refractivity contribution is 6.05. The number of nitrogens with one attached hydrogen (secondary N) is 1. The Kier molecular flexibility index (Phi) is 6.29. The third-order valence-corrected chi connectivity index (χ3v) is 7.34. The van der Waals surface area contributed by atoms with Crippen LogP contribution in [0.5, 0.6) is 0 Å². The van der Waals surface area contributed by atoms with Crippen LogP contribution in [0.15, 0.2) is 95.3 Å². The fraction of sp³-hybridized carbons (Fsp3) is 0.290. The van der Waals surface area contributed by atoms with Gasteiger partial charge in [0, 0.05) is 29.3 Å². The van der Waals surface area contributed by atoms with Gasteiger partial charge in [-0.3, -0.25) is 4.79 Å². The van der Waals surface area contributed by atoms with Crippen LogP contribution in [0.4, 0.5) is 0 Å². The fourth-order valence-corrected chi connectivity index (χ4v) is 5.41. The summed E-state index contributed by atoms with van der Waals surface area (Å²) in [7, 11) is 0. The number of hydrogen-bond acceptors (Lipinski definition) is 4. The first-order chi connectivity index (χ1) is 17.0. The van der Waals surface area contributed by atoms with Crippen LogP contribution in [0.1, 0.15) is 63.0 Å². The van der Waals surface area contributed by atoms with Crippen LogP contribution in [0.2, 0.25) is 0 Å². The summed E-state index contributed by atoms with van der Waals surface area (Å²) in [6.07, 6.45) is 1.70. The summed E-state index contributed by atoms with van der Waals surface area (Å²) in [6, 6.07) is 24.5. The second kappa shape index (κ2) is 9.53. The van der Waals surface area contributed by atoms with Crippen molar-refractivity contribution in [3.63, 3.8) is 0 Å². The van der Waals surface area contributed by atoms with Crippen molar-refractivity contribution in [2.45, 2.75) is 58.0 Å². The molecule has 2 aliphatic rings. The Labute approximate surface area is 206 Å². The van der Waals surface area contributed by atoms with E-state index in [4.69, 9.17) is 4.74 Å². The van der Waals surface area contributed by atoms with Gasteiger partial charge in [-0.1, -0.05) is 79.7 Å². The van der Waals surface area contributed by atoms with Crippen molar-refractivity contribution in [1.82, 2.24) is 5.32 Å². The monoisotopic (exact) mass is 465 g/mol. The summed E-state index contributed by atoms with van der Waals surface area (Å²) < 4.78 is 5.81. The van der Waals surface area contributed by atoms with Crippen molar-refractivity contribution in [2.24, 2.45) is 0 Å². The molecule has 5 rings (SSSR count). The summed E-state index contributed by atoms with van der Waals surface area (Å²) in [4.78, 5) is 27.3. The molecule has 0 saturated heterocycles. The lowest BCUT2D eigenvalue weighted by molar-refractivity contribution is -0.143. The highest BCUT2D eigenvalue weighted by Gasteiger charge is 2.42. The number of fused-ring (bicyclic) bond motifs is 1. The van der Waals surface area contributed by atoms with E-state index in [0.29, 0.717) is 17.6 Å². The predicted molar refractivity (Wildman–Crippen MR) is 139 cm³/mol. The maximum Gasteiger partial charge on any atom is 0.337 e. The van der Waals surface area contributed by atoms with Crippen molar-refractivity contribution in [1.29, 1.82) is 0 Å². The van der Waals surface area contributed by atoms with Gasteiger partial charge in [0.25, 0.3) is 0 Å². The molecule has 1 heterocycles. The molecule has 0 spiro atoms. The number of esters is 1. The number of ether oxygens (including phenoxy) is 1. The molecule has 1 aliphatic carbocycles. The van der Waals surface area contributed by atoms with Gasteiger partial charge in [-0.2, -0.15) is 0 Å². The third-order valence-electron chi connectivity index (χ3n) is 7.34. The fourth-order valence-electron chi connectivity index (χ4n) is 5.41. The molecule has 0 unspecified atom stereocenters. The van der Waals surface area contributed by atoms with E-state index in [2.05, 4.69) is 35.6 Å². The second-order valence-electron chi connectivity index (χ2n) is 9.62. The van der Waals surface area contributed by atoms with Gasteiger partial charge in [0.2, 0.25) is 0 Å². The van der Waals surface area contributed by atoms with E-state index < -0.39 is 5.92 Å². The number of hydrogen-bond donors (Lipinski definition) is 1. The van der Waals surface area contributed by atoms with Crippen molar-refractivity contribution < 1.29 is 14.3 Å². The molecule has 0 fully saturated rings. The van der Waals surface area contributed by atoms with Crippen LogP contribution in [0.25, 0.3) is 10.8 Å². The molecule has 178 valence electrons. The normalized spacial score (nSPS) is 20.9. The Morgan fingerprint density at radius 3 is 2.49 bits per heavy atom. The number of ketones is 1. The molecule has 4 heteroatoms. The molecule has 0 bridgehead atoms. The summed E-state index contributed by atoms with van der Waals surface area (Å²) in [6.45, 7) is 5.82. The first kappa shape index (κ1) is 23.1. The lowest BCUT2D eigenvalue weighted by Crippen LogP contribution is -2.36. The van der Waals surface area contributed by atoms with Gasteiger partial charge in [-0.05, 0) is 54.5 Å². The van der Waals surface area contributed by atoms with E-state index in [1.165, 1.54) is 5.56 Å². The molecule has 0 aromatic heterocycles. The Morgan fingerprint density at radius 1 is 1.00 bits per heavy atom. The number of carbonyl (C=O) groups is 2. The van der Waals surface area contributed by atoms with Gasteiger partial charge in [0.15, 0.2) is 5.78 Å². The third kappa shape index (κ3) is 4.29. The van der Waals surface area contributed by atoms with Crippen LogP contribution in [0.3, 0.4) is 0 Å². The van der Waals surface area contributed by atoms with Crippen molar-refractivity contribution >= 4 is 22.5 Å². The van der Waals surface area contributed by atoms with Crippen molar-refractivity contribution in [3.8, 4) is 0 Å². The summed E-state index contributed by atoms with van der Waals surface area (Å²) in [5.74, 6) is -0.610. The van der Waals surface area contributed by atoms with E-state index in [-0.39, 0.29) is 23.8 Å². The Hall–Kier alpha value is -3.66. The largest absolute Gasteiger partial charge is 0.459 e. The molecule has 0 amide bonds. The molecular weight excluding hydrogens is 434 g/mol. The van der Waals surface area contributed by atoms with E-state index >= 15 is 0 Å². The average molecular weight is 466 g/mol. The minimum atomic E-state index is -0.460. The van der Waals surface area contributed by atoms with Crippen LogP contribution in [0, 0.1) is 0 Å². The summed E-state index contributed by atoms with van der Waals surface area (Å²) in [5.41, 5.74) is 5.06. The molecule has 3 atom stereocenters. The Bertz CT molecular complexity index is 1350. The first-order valence-corrected chi connectivity index (χ1v) is 12.5. The highest BCUT2D eigenvalue weighted by atomic mass is 16.5. The van der Waals surface area contributed by atoms with Gasteiger partial charge in [-0.15, -0.1) is 0 Å². The molecule has 3 aromatic carbocycles. The van der Waals surface area contributed by atoms with E-state index in [9.17, 15) is 9.59 Å². The maximum absolute atomic E-state index is 13.8. The molecule has 0 saturated carbocycles. The van der Waals surface area contributed by atoms with Gasteiger partial charge < -0.3 is 10.1 Å². The zero-order valence-electron chi connectivity index (χ0n) is 20.5. The number of Topliss-reactive ketones (excluding diaryl/α,β-unsaturated/α-hetero) is 1. The number of carbonyl (C=O) groups excluding carboxylic acids is 2. The van der Waals surface area contributed by atoms with Gasteiger partial charge in [-0.25, -0.2) is 4.79 Å². The molecule has 1 N–H and O–H groups in total. The average Bonchev–Trinajstić information content (AvgIpc) is 2.87. The van der Waals surface area contributed by atoms with E-state index in [1.807, 2.05) is 63.2 Å². The quantitative estimate of drug-likeness (QED) is 0.435. The minimum Gasteiger partial charge on any atom is -0.459 e. The molecule has 0 radical (unpaired) electrons. The molecular formula is C31H31NO3. The number of rotatable bonds is 5. The lowest BCUT2D eigenvalue weighted by Gasteiger charge is -2.37. The van der Waals surface area contributed by atoms with Crippen LogP contribution >= 0.6 is 0 Å². The van der Waals surface area contributed by atoms with E-state index in [1.54, 1.807) is 0 Å². The van der Waals surface area contributed by atoms with Crippen molar-refractivity contribution in [3.05, 3.63) is 106 Å². The predicted octanol–water partition coefficient (Wildman–Crippen LogP) is 6.54. The summed E-state index contributed by atoms with van der Waals surface area (Å²) in [5, 5.41) is 5.59. The number of dihydropyridines is 1. The zero-order chi connectivity index (χ0) is 24.5. The standard InChI is InChI=1S/C31H31NO3/c1-4-19(2)35-31(34)28-20(3)32-26-17-23(21-11-6-5-7-12-21)18-27(33)30(26)29(28)25-16-10-14-22-13-8-9-15-24(22)25/h5-16,19,23,29,32H,4,17-18H2,1-3H3/t19-,23+,29-/m0/s1. The van der Waals surface area contributed by atoms with Crippen LogP contribution in [-0.2, 0) is 14.3 Å². The minimum absolute atomic E-state index is 0.0897. The smallest absolute Gasteiger partial charge is 0.337 e. The number of benzene rings is 3. The summed E-state index contributed by atoms with van der Waals surface area (Å²) >= 11 is 0. The van der Waals surface area contributed by atoms with Crippen LogP contribution in [-0.4, -0.2) is 17.9 Å². The van der Waals surface area contributed by atoms with Crippen LogP contribution < -0.4 is 5.32 Å².